The summed E-state index contributed by atoms with van der Waals surface area (Å²) < 4.78 is 4.90. The van der Waals surface area contributed by atoms with Gasteiger partial charge in [0.15, 0.2) is 0 Å². The fourth-order valence-electron chi connectivity index (χ4n) is 2.34. The fourth-order valence-corrected chi connectivity index (χ4v) is 2.34. The van der Waals surface area contributed by atoms with E-state index < -0.39 is 0 Å². The zero-order chi connectivity index (χ0) is 11.8. The van der Waals surface area contributed by atoms with Gasteiger partial charge in [0.25, 0.3) is 0 Å². The second-order valence-electron chi connectivity index (χ2n) is 4.48. The molecule has 2 heterocycles. The first-order valence-electron chi connectivity index (χ1n) is 5.80. The predicted octanol–water partition coefficient (Wildman–Crippen LogP) is 2.31. The van der Waals surface area contributed by atoms with Gasteiger partial charge in [0.05, 0.1) is 0 Å². The molecule has 3 rings (SSSR count). The summed E-state index contributed by atoms with van der Waals surface area (Å²) in [5.74, 6) is 0.353. The van der Waals surface area contributed by atoms with Crippen LogP contribution in [0, 0.1) is 0 Å². The van der Waals surface area contributed by atoms with Gasteiger partial charge in [-0.3, -0.25) is 0 Å². The number of fused-ring (bicyclic) bond motifs is 1. The van der Waals surface area contributed by atoms with Crippen LogP contribution in [0.2, 0.25) is 0 Å². The van der Waals surface area contributed by atoms with Crippen LogP contribution in [-0.2, 0) is 6.42 Å². The van der Waals surface area contributed by atoms with Crippen molar-refractivity contribution in [2.75, 3.05) is 24.2 Å². The van der Waals surface area contributed by atoms with Crippen molar-refractivity contribution in [3.8, 4) is 11.3 Å². The van der Waals surface area contributed by atoms with Crippen molar-refractivity contribution in [2.45, 2.75) is 12.8 Å². The summed E-state index contributed by atoms with van der Waals surface area (Å²) in [6.07, 6.45) is 2.38. The molecule has 0 saturated heterocycles. The summed E-state index contributed by atoms with van der Waals surface area (Å²) in [6, 6.07) is 8.16. The number of nitrogen functional groups attached to an aromatic ring is 1. The van der Waals surface area contributed by atoms with Gasteiger partial charge < -0.3 is 15.2 Å². The van der Waals surface area contributed by atoms with Gasteiger partial charge in [0.2, 0.25) is 5.88 Å². The Bertz CT molecular complexity index is 547. The Morgan fingerprint density at radius 3 is 3.00 bits per heavy atom. The standard InChI is InChI=1S/C13H15N3O/c1-16-6-2-3-9-4-5-10(7-12(9)16)11-8-13(14)17-15-11/h4-5,7-8H,2-3,6,14H2,1H3. The molecule has 1 aliphatic heterocycles. The van der Waals surface area contributed by atoms with E-state index >= 15 is 0 Å². The molecule has 0 radical (unpaired) electrons. The van der Waals surface area contributed by atoms with Crippen LogP contribution >= 0.6 is 0 Å². The maximum Gasteiger partial charge on any atom is 0.222 e. The number of rotatable bonds is 1. The lowest BCUT2D eigenvalue weighted by molar-refractivity contribution is 0.439. The second kappa shape index (κ2) is 3.80. The van der Waals surface area contributed by atoms with Crippen molar-refractivity contribution in [2.24, 2.45) is 0 Å². The average Bonchev–Trinajstić information content (AvgIpc) is 2.76. The molecule has 0 unspecified atom stereocenters. The molecule has 17 heavy (non-hydrogen) atoms. The molecular formula is C13H15N3O. The Hall–Kier alpha value is -1.97. The number of hydrogen-bond acceptors (Lipinski definition) is 4. The highest BCUT2D eigenvalue weighted by Crippen LogP contribution is 2.31. The minimum absolute atomic E-state index is 0.353. The molecule has 88 valence electrons. The Kier molecular flexibility index (Phi) is 2.28. The highest BCUT2D eigenvalue weighted by Gasteiger charge is 2.15. The minimum atomic E-state index is 0.353. The normalized spacial score (nSPS) is 14.8. The molecule has 2 N–H and O–H groups in total. The Balaban J connectivity index is 2.05. The third-order valence-electron chi connectivity index (χ3n) is 3.26. The topological polar surface area (TPSA) is 55.3 Å². The monoisotopic (exact) mass is 229 g/mol. The number of anilines is 2. The summed E-state index contributed by atoms with van der Waals surface area (Å²) in [7, 11) is 2.12. The van der Waals surface area contributed by atoms with Gasteiger partial charge in [-0.2, -0.15) is 0 Å². The van der Waals surface area contributed by atoms with Crippen LogP contribution in [0.4, 0.5) is 11.6 Å². The van der Waals surface area contributed by atoms with Crippen LogP contribution in [0.5, 0.6) is 0 Å². The van der Waals surface area contributed by atoms with Gasteiger partial charge in [-0.1, -0.05) is 17.3 Å². The van der Waals surface area contributed by atoms with Gasteiger partial charge in [-0.15, -0.1) is 0 Å². The third kappa shape index (κ3) is 1.75. The zero-order valence-corrected chi connectivity index (χ0v) is 9.81. The maximum absolute atomic E-state index is 5.54. The summed E-state index contributed by atoms with van der Waals surface area (Å²) in [4.78, 5) is 2.28. The minimum Gasteiger partial charge on any atom is -0.374 e. The van der Waals surface area contributed by atoms with Crippen LogP contribution in [0.1, 0.15) is 12.0 Å². The van der Waals surface area contributed by atoms with E-state index in [4.69, 9.17) is 10.3 Å². The highest BCUT2D eigenvalue weighted by atomic mass is 16.5. The lowest BCUT2D eigenvalue weighted by Gasteiger charge is -2.27. The van der Waals surface area contributed by atoms with Crippen LogP contribution in [-0.4, -0.2) is 18.7 Å². The quantitative estimate of drug-likeness (QED) is 0.815. The van der Waals surface area contributed by atoms with Gasteiger partial charge in [-0.05, 0) is 24.5 Å². The number of nitrogens with two attached hydrogens (primary N) is 1. The highest BCUT2D eigenvalue weighted by molar-refractivity contribution is 5.69. The van der Waals surface area contributed by atoms with Crippen LogP contribution < -0.4 is 10.6 Å². The Morgan fingerprint density at radius 2 is 2.24 bits per heavy atom. The second-order valence-corrected chi connectivity index (χ2v) is 4.48. The van der Waals surface area contributed by atoms with E-state index in [0.717, 1.165) is 24.2 Å². The summed E-state index contributed by atoms with van der Waals surface area (Å²) in [6.45, 7) is 1.11. The molecule has 0 atom stereocenters. The van der Waals surface area contributed by atoms with Crippen LogP contribution in [0.25, 0.3) is 11.3 Å². The summed E-state index contributed by atoms with van der Waals surface area (Å²) in [5, 5.41) is 3.94. The predicted molar refractivity (Wildman–Crippen MR) is 67.9 cm³/mol. The van der Waals surface area contributed by atoms with E-state index in [9.17, 15) is 0 Å². The lowest BCUT2D eigenvalue weighted by Crippen LogP contribution is -2.24. The zero-order valence-electron chi connectivity index (χ0n) is 9.81. The Labute approximate surface area is 100 Å². The SMILES string of the molecule is CN1CCCc2ccc(-c3cc(N)on3)cc21. The van der Waals surface area contributed by atoms with Crippen LogP contribution in [0.15, 0.2) is 28.8 Å². The Morgan fingerprint density at radius 1 is 1.35 bits per heavy atom. The molecule has 4 nitrogen and oxygen atoms in total. The van der Waals surface area contributed by atoms with E-state index in [1.807, 2.05) is 0 Å². The number of hydrogen-bond donors (Lipinski definition) is 1. The largest absolute Gasteiger partial charge is 0.374 e. The van der Waals surface area contributed by atoms with E-state index in [-0.39, 0.29) is 0 Å². The van der Waals surface area contributed by atoms with Crippen molar-refractivity contribution < 1.29 is 4.52 Å². The van der Waals surface area contributed by atoms with Gasteiger partial charge >= 0.3 is 0 Å². The molecule has 0 spiro atoms. The van der Waals surface area contributed by atoms with Gasteiger partial charge in [0.1, 0.15) is 5.69 Å². The first-order valence-corrected chi connectivity index (χ1v) is 5.80. The molecule has 0 fully saturated rings. The smallest absolute Gasteiger partial charge is 0.222 e. The number of benzene rings is 1. The molecule has 4 heteroatoms. The first-order chi connectivity index (χ1) is 8.24. The van der Waals surface area contributed by atoms with Crippen molar-refractivity contribution in [1.29, 1.82) is 0 Å². The van der Waals surface area contributed by atoms with E-state index in [1.165, 1.54) is 17.7 Å². The van der Waals surface area contributed by atoms with E-state index in [1.54, 1.807) is 6.07 Å². The molecule has 0 amide bonds. The summed E-state index contributed by atoms with van der Waals surface area (Å²) in [5.41, 5.74) is 10.1. The molecule has 2 aromatic rings. The number of nitrogens with zero attached hydrogens (tertiary/aromatic N) is 2. The maximum atomic E-state index is 5.54. The van der Waals surface area contributed by atoms with Crippen molar-refractivity contribution in [3.05, 3.63) is 29.8 Å². The number of aromatic nitrogens is 1. The van der Waals surface area contributed by atoms with Gasteiger partial charge in [-0.25, -0.2) is 0 Å². The van der Waals surface area contributed by atoms with Crippen LogP contribution in [0.3, 0.4) is 0 Å². The molecular weight excluding hydrogens is 214 g/mol. The van der Waals surface area contributed by atoms with Crippen molar-refractivity contribution in [1.82, 2.24) is 5.16 Å². The third-order valence-corrected chi connectivity index (χ3v) is 3.26. The molecule has 0 saturated carbocycles. The lowest BCUT2D eigenvalue weighted by atomic mass is 9.99. The average molecular weight is 229 g/mol. The summed E-state index contributed by atoms with van der Waals surface area (Å²) >= 11 is 0. The molecule has 0 aliphatic carbocycles. The molecule has 1 aromatic carbocycles. The first kappa shape index (κ1) is 10.2. The van der Waals surface area contributed by atoms with Crippen molar-refractivity contribution in [3.63, 3.8) is 0 Å². The van der Waals surface area contributed by atoms with E-state index in [2.05, 4.69) is 35.3 Å². The molecule has 0 bridgehead atoms. The molecule has 1 aliphatic rings. The molecule has 1 aromatic heterocycles. The van der Waals surface area contributed by atoms with Crippen molar-refractivity contribution >= 4 is 11.6 Å². The fraction of sp³-hybridized carbons (Fsp3) is 0.308. The van der Waals surface area contributed by atoms with Gasteiger partial charge in [0, 0.05) is 30.9 Å². The number of aryl methyl sites for hydroxylation is 1. The van der Waals surface area contributed by atoms with E-state index in [0.29, 0.717) is 5.88 Å².